The molecule has 3 aliphatic heterocycles. The highest BCUT2D eigenvalue weighted by Crippen LogP contribution is 2.40. The van der Waals surface area contributed by atoms with Crippen molar-refractivity contribution in [2.45, 2.75) is 56.7 Å². The maximum absolute atomic E-state index is 12.6. The molecule has 0 N–H and O–H groups in total. The number of carbonyl (C=O) groups is 3. The average Bonchev–Trinajstić information content (AvgIpc) is 3.02. The Hall–Kier alpha value is -1.59. The zero-order chi connectivity index (χ0) is 14.1. The van der Waals surface area contributed by atoms with E-state index in [2.05, 4.69) is 0 Å². The van der Waals surface area contributed by atoms with Crippen LogP contribution in [0, 0.1) is 0 Å². The minimum absolute atomic E-state index is 0.0929. The van der Waals surface area contributed by atoms with Gasteiger partial charge in [0.2, 0.25) is 5.91 Å². The van der Waals surface area contributed by atoms with Gasteiger partial charge in [0.1, 0.15) is 5.54 Å². The molecule has 0 radical (unpaired) electrons. The molecule has 6 nitrogen and oxygen atoms in total. The van der Waals surface area contributed by atoms with E-state index in [0.717, 1.165) is 25.7 Å². The van der Waals surface area contributed by atoms with Crippen LogP contribution in [-0.2, 0) is 9.59 Å². The van der Waals surface area contributed by atoms with Crippen LogP contribution >= 0.6 is 0 Å². The molecular formula is C14H19N3O3. The van der Waals surface area contributed by atoms with Crippen molar-refractivity contribution in [1.29, 1.82) is 0 Å². The molecule has 2 atom stereocenters. The predicted octanol–water partition coefficient (Wildman–Crippen LogP) is 0.566. The molecule has 6 heteroatoms. The topological polar surface area (TPSA) is 60.9 Å². The Morgan fingerprint density at radius 2 is 1.90 bits per heavy atom. The molecule has 4 amide bonds. The first-order chi connectivity index (χ1) is 9.52. The second-order valence-electron chi connectivity index (χ2n) is 6.62. The van der Waals surface area contributed by atoms with E-state index in [1.165, 1.54) is 4.90 Å². The SMILES string of the molecule is C[C@@]12CCCN1C(=O)N(C1CC(=O)N(C3CC3)C1)C2=O. The molecule has 0 bridgehead atoms. The Morgan fingerprint density at radius 1 is 1.15 bits per heavy atom. The summed E-state index contributed by atoms with van der Waals surface area (Å²) in [6.07, 6.45) is 4.05. The number of imide groups is 1. The second-order valence-corrected chi connectivity index (χ2v) is 6.62. The third-order valence-corrected chi connectivity index (χ3v) is 5.25. The Balaban J connectivity index is 1.59. The van der Waals surface area contributed by atoms with Gasteiger partial charge in [-0.1, -0.05) is 0 Å². The summed E-state index contributed by atoms with van der Waals surface area (Å²) in [4.78, 5) is 42.1. The Bertz CT molecular complexity index is 516. The largest absolute Gasteiger partial charge is 0.338 e. The number of urea groups is 1. The summed E-state index contributed by atoms with van der Waals surface area (Å²) >= 11 is 0. The van der Waals surface area contributed by atoms with Crippen LogP contribution in [0.2, 0.25) is 0 Å². The molecule has 3 heterocycles. The van der Waals surface area contributed by atoms with Gasteiger partial charge in [-0.05, 0) is 32.6 Å². The van der Waals surface area contributed by atoms with Crippen LogP contribution in [0.1, 0.15) is 39.0 Å². The lowest BCUT2D eigenvalue weighted by atomic mass is 9.99. The van der Waals surface area contributed by atoms with E-state index in [4.69, 9.17) is 0 Å². The van der Waals surface area contributed by atoms with Gasteiger partial charge >= 0.3 is 6.03 Å². The molecule has 1 unspecified atom stereocenters. The molecule has 0 spiro atoms. The van der Waals surface area contributed by atoms with E-state index < -0.39 is 5.54 Å². The minimum atomic E-state index is -0.660. The monoisotopic (exact) mass is 277 g/mol. The van der Waals surface area contributed by atoms with Gasteiger partial charge in [-0.2, -0.15) is 0 Å². The molecule has 108 valence electrons. The lowest BCUT2D eigenvalue weighted by Gasteiger charge is -2.23. The normalized spacial score (nSPS) is 37.4. The molecular weight excluding hydrogens is 258 g/mol. The van der Waals surface area contributed by atoms with E-state index in [1.54, 1.807) is 4.90 Å². The maximum atomic E-state index is 12.6. The van der Waals surface area contributed by atoms with E-state index in [0.29, 0.717) is 25.6 Å². The van der Waals surface area contributed by atoms with Crippen LogP contribution in [-0.4, -0.2) is 63.3 Å². The van der Waals surface area contributed by atoms with Gasteiger partial charge in [0, 0.05) is 25.6 Å². The maximum Gasteiger partial charge on any atom is 0.328 e. The first-order valence-corrected chi connectivity index (χ1v) is 7.47. The predicted molar refractivity (Wildman–Crippen MR) is 69.7 cm³/mol. The summed E-state index contributed by atoms with van der Waals surface area (Å²) in [7, 11) is 0. The summed E-state index contributed by atoms with van der Waals surface area (Å²) in [5, 5.41) is 0. The summed E-state index contributed by atoms with van der Waals surface area (Å²) in [6, 6.07) is -0.0910. The fourth-order valence-corrected chi connectivity index (χ4v) is 3.91. The van der Waals surface area contributed by atoms with Crippen molar-refractivity contribution in [3.8, 4) is 0 Å². The van der Waals surface area contributed by atoms with Crippen molar-refractivity contribution in [1.82, 2.24) is 14.7 Å². The van der Waals surface area contributed by atoms with Crippen molar-refractivity contribution in [3.63, 3.8) is 0 Å². The molecule has 3 saturated heterocycles. The molecule has 4 aliphatic rings. The quantitative estimate of drug-likeness (QED) is 0.693. The zero-order valence-corrected chi connectivity index (χ0v) is 11.7. The zero-order valence-electron chi connectivity index (χ0n) is 11.7. The van der Waals surface area contributed by atoms with Crippen molar-refractivity contribution in [3.05, 3.63) is 0 Å². The lowest BCUT2D eigenvalue weighted by molar-refractivity contribution is -0.133. The fraction of sp³-hybridized carbons (Fsp3) is 0.786. The van der Waals surface area contributed by atoms with Gasteiger partial charge in [0.05, 0.1) is 6.04 Å². The molecule has 0 aromatic heterocycles. The number of carbonyl (C=O) groups excluding carboxylic acids is 3. The summed E-state index contributed by atoms with van der Waals surface area (Å²) in [5.74, 6) is -0.00856. The van der Waals surface area contributed by atoms with Gasteiger partial charge in [-0.15, -0.1) is 0 Å². The standard InChI is InChI=1S/C14H19N3O3/c1-14-5-2-6-16(14)13(20)17(12(14)19)10-7-11(18)15(8-10)9-3-4-9/h9-10H,2-8H2,1H3/t10?,14-/m0/s1. The Morgan fingerprint density at radius 3 is 2.55 bits per heavy atom. The van der Waals surface area contributed by atoms with Gasteiger partial charge in [0.25, 0.3) is 5.91 Å². The summed E-state index contributed by atoms with van der Waals surface area (Å²) < 4.78 is 0. The Labute approximate surface area is 117 Å². The summed E-state index contributed by atoms with van der Waals surface area (Å²) in [5.41, 5.74) is -0.660. The molecule has 1 aliphatic carbocycles. The third-order valence-electron chi connectivity index (χ3n) is 5.25. The highest BCUT2D eigenvalue weighted by atomic mass is 16.2. The number of fused-ring (bicyclic) bond motifs is 1. The number of amides is 4. The lowest BCUT2D eigenvalue weighted by Crippen LogP contribution is -2.45. The number of nitrogens with zero attached hydrogens (tertiary/aromatic N) is 3. The molecule has 1 saturated carbocycles. The number of hydrogen-bond donors (Lipinski definition) is 0. The first-order valence-electron chi connectivity index (χ1n) is 7.47. The molecule has 0 aromatic rings. The summed E-state index contributed by atoms with van der Waals surface area (Å²) in [6.45, 7) is 3.05. The second kappa shape index (κ2) is 3.74. The van der Waals surface area contributed by atoms with Crippen molar-refractivity contribution < 1.29 is 14.4 Å². The van der Waals surface area contributed by atoms with E-state index in [1.807, 2.05) is 11.8 Å². The van der Waals surface area contributed by atoms with Crippen LogP contribution in [0.4, 0.5) is 4.79 Å². The number of rotatable bonds is 2. The third kappa shape index (κ3) is 1.42. The van der Waals surface area contributed by atoms with Gasteiger partial charge in [0.15, 0.2) is 0 Å². The van der Waals surface area contributed by atoms with Crippen molar-refractivity contribution in [2.24, 2.45) is 0 Å². The Kier molecular flexibility index (Phi) is 2.28. The first kappa shape index (κ1) is 12.2. The van der Waals surface area contributed by atoms with Crippen LogP contribution in [0.25, 0.3) is 0 Å². The van der Waals surface area contributed by atoms with Crippen LogP contribution in [0.15, 0.2) is 0 Å². The molecule has 20 heavy (non-hydrogen) atoms. The smallest absolute Gasteiger partial charge is 0.328 e. The number of likely N-dealkylation sites (tertiary alicyclic amines) is 1. The van der Waals surface area contributed by atoms with Crippen LogP contribution < -0.4 is 0 Å². The highest BCUT2D eigenvalue weighted by Gasteiger charge is 2.59. The molecule has 0 aromatic carbocycles. The average molecular weight is 277 g/mol. The van der Waals surface area contributed by atoms with E-state index >= 15 is 0 Å². The fourth-order valence-electron chi connectivity index (χ4n) is 3.91. The van der Waals surface area contributed by atoms with Crippen molar-refractivity contribution in [2.75, 3.05) is 13.1 Å². The molecule has 4 fully saturated rings. The van der Waals surface area contributed by atoms with Gasteiger partial charge < -0.3 is 9.80 Å². The van der Waals surface area contributed by atoms with Crippen molar-refractivity contribution >= 4 is 17.8 Å². The van der Waals surface area contributed by atoms with E-state index in [9.17, 15) is 14.4 Å². The highest BCUT2D eigenvalue weighted by molar-refractivity contribution is 6.08. The number of hydrogen-bond acceptors (Lipinski definition) is 3. The molecule has 4 rings (SSSR count). The van der Waals surface area contributed by atoms with Crippen LogP contribution in [0.5, 0.6) is 0 Å². The van der Waals surface area contributed by atoms with E-state index in [-0.39, 0.29) is 23.9 Å². The van der Waals surface area contributed by atoms with Crippen LogP contribution in [0.3, 0.4) is 0 Å². The minimum Gasteiger partial charge on any atom is -0.338 e. The van der Waals surface area contributed by atoms with Gasteiger partial charge in [-0.25, -0.2) is 4.79 Å². The van der Waals surface area contributed by atoms with Gasteiger partial charge in [-0.3, -0.25) is 14.5 Å².